The minimum atomic E-state index is -1.73. The molecule has 2 N–H and O–H groups in total. The van der Waals surface area contributed by atoms with Crippen LogP contribution in [0.4, 0.5) is 10.2 Å². The molecule has 0 spiro atoms. The largest absolute Gasteiger partial charge is 0.463 e. The van der Waals surface area contributed by atoms with Gasteiger partial charge in [-0.2, -0.15) is 0 Å². The Kier molecular flexibility index (Phi) is 4.36. The molecule has 1 heterocycles. The van der Waals surface area contributed by atoms with Crippen LogP contribution in [0.25, 0.3) is 0 Å². The summed E-state index contributed by atoms with van der Waals surface area (Å²) in [6.45, 7) is 1.79. The van der Waals surface area contributed by atoms with Gasteiger partial charge in [-0.25, -0.2) is 14.2 Å². The molecule has 1 aromatic heterocycles. The third-order valence-electron chi connectivity index (χ3n) is 1.47. The number of anilines is 1. The van der Waals surface area contributed by atoms with Gasteiger partial charge in [0.2, 0.25) is 5.50 Å². The van der Waals surface area contributed by atoms with Crippen molar-refractivity contribution in [2.45, 2.75) is 17.3 Å². The van der Waals surface area contributed by atoms with Crippen LogP contribution in [-0.4, -0.2) is 23.1 Å². The molecular weight excluding hydrogens is 219 g/mol. The van der Waals surface area contributed by atoms with E-state index in [2.05, 4.69) is 9.72 Å². The fourth-order valence-electron chi connectivity index (χ4n) is 0.837. The highest BCUT2D eigenvalue weighted by Crippen LogP contribution is 2.24. The summed E-state index contributed by atoms with van der Waals surface area (Å²) in [6, 6.07) is 3.14. The fraction of sp³-hybridized carbons (Fsp3) is 0.333. The first kappa shape index (κ1) is 11.8. The zero-order chi connectivity index (χ0) is 11.3. The first-order valence-corrected chi connectivity index (χ1v) is 5.20. The van der Waals surface area contributed by atoms with E-state index in [1.54, 1.807) is 19.1 Å². The van der Waals surface area contributed by atoms with Crippen LogP contribution in [0.15, 0.2) is 23.2 Å². The molecule has 0 aliphatic rings. The molecule has 1 unspecified atom stereocenters. The summed E-state index contributed by atoms with van der Waals surface area (Å²) in [6.07, 6.45) is 1.41. The Labute approximate surface area is 91.0 Å². The van der Waals surface area contributed by atoms with Gasteiger partial charge < -0.3 is 10.5 Å². The molecule has 15 heavy (non-hydrogen) atoms. The maximum absolute atomic E-state index is 13.2. The Morgan fingerprint density at radius 3 is 3.00 bits per heavy atom. The van der Waals surface area contributed by atoms with Crippen molar-refractivity contribution >= 4 is 23.5 Å². The number of hydrogen-bond acceptors (Lipinski definition) is 5. The summed E-state index contributed by atoms with van der Waals surface area (Å²) in [7, 11) is 0. The van der Waals surface area contributed by atoms with Gasteiger partial charge in [0, 0.05) is 11.1 Å². The molecule has 0 saturated carbocycles. The molecule has 4 nitrogen and oxygen atoms in total. The highest BCUT2D eigenvalue weighted by atomic mass is 32.2. The molecule has 0 fully saturated rings. The third-order valence-corrected chi connectivity index (χ3v) is 2.38. The van der Waals surface area contributed by atoms with E-state index in [9.17, 15) is 9.18 Å². The van der Waals surface area contributed by atoms with Crippen LogP contribution in [-0.2, 0) is 9.53 Å². The van der Waals surface area contributed by atoms with Crippen LogP contribution in [0.1, 0.15) is 6.92 Å². The van der Waals surface area contributed by atoms with Crippen molar-refractivity contribution in [2.24, 2.45) is 0 Å². The smallest absolute Gasteiger partial charge is 0.351 e. The monoisotopic (exact) mass is 230 g/mol. The number of aromatic nitrogens is 1. The van der Waals surface area contributed by atoms with Crippen LogP contribution in [0, 0.1) is 0 Å². The second-order valence-corrected chi connectivity index (χ2v) is 3.73. The highest BCUT2D eigenvalue weighted by Gasteiger charge is 2.19. The number of carbonyl (C=O) groups is 1. The zero-order valence-electron chi connectivity index (χ0n) is 8.14. The molecule has 82 valence electrons. The number of ether oxygens (including phenoxy) is 1. The second kappa shape index (κ2) is 5.55. The standard InChI is InChI=1S/C9H11FN2O2S/c1-2-14-9(13)8(10)15-6-3-4-7(11)12-5-6/h3-5,8H,2H2,1H3,(H2,11,12). The highest BCUT2D eigenvalue weighted by molar-refractivity contribution is 8.00. The molecule has 0 saturated heterocycles. The summed E-state index contributed by atoms with van der Waals surface area (Å²) in [4.78, 5) is 15.3. The molecule has 6 heteroatoms. The van der Waals surface area contributed by atoms with Gasteiger partial charge >= 0.3 is 5.97 Å². The molecule has 0 amide bonds. The number of nitrogens with two attached hydrogens (primary N) is 1. The van der Waals surface area contributed by atoms with Crippen molar-refractivity contribution in [2.75, 3.05) is 12.3 Å². The summed E-state index contributed by atoms with van der Waals surface area (Å²) < 4.78 is 17.7. The minimum Gasteiger partial charge on any atom is -0.463 e. The number of carbonyl (C=O) groups excluding carboxylic acids is 1. The molecule has 0 aliphatic heterocycles. The quantitative estimate of drug-likeness (QED) is 0.629. The lowest BCUT2D eigenvalue weighted by molar-refractivity contribution is -0.145. The molecule has 0 aliphatic carbocycles. The predicted octanol–water partition coefficient (Wildman–Crippen LogP) is 1.61. The minimum absolute atomic E-state index is 0.166. The van der Waals surface area contributed by atoms with Gasteiger partial charge in [-0.05, 0) is 19.1 Å². The Morgan fingerprint density at radius 2 is 2.47 bits per heavy atom. The van der Waals surface area contributed by atoms with Crippen LogP contribution in [0.5, 0.6) is 0 Å². The van der Waals surface area contributed by atoms with Gasteiger partial charge in [-0.3, -0.25) is 0 Å². The lowest BCUT2D eigenvalue weighted by Gasteiger charge is -2.06. The number of pyridine rings is 1. The number of alkyl halides is 1. The maximum Gasteiger partial charge on any atom is 0.351 e. The zero-order valence-corrected chi connectivity index (χ0v) is 8.96. The van der Waals surface area contributed by atoms with E-state index in [4.69, 9.17) is 5.73 Å². The average Bonchev–Trinajstić information content (AvgIpc) is 2.22. The average molecular weight is 230 g/mol. The first-order chi connectivity index (χ1) is 7.13. The second-order valence-electron chi connectivity index (χ2n) is 2.60. The number of hydrogen-bond donors (Lipinski definition) is 1. The van der Waals surface area contributed by atoms with Crippen LogP contribution in [0.2, 0.25) is 0 Å². The molecule has 1 rings (SSSR count). The van der Waals surface area contributed by atoms with E-state index in [1.807, 2.05) is 0 Å². The molecule has 0 aromatic carbocycles. The van der Waals surface area contributed by atoms with Gasteiger partial charge in [0.05, 0.1) is 6.61 Å². The fourth-order valence-corrected chi connectivity index (χ4v) is 1.50. The first-order valence-electron chi connectivity index (χ1n) is 4.32. The number of halogens is 1. The number of rotatable bonds is 4. The van der Waals surface area contributed by atoms with E-state index < -0.39 is 11.5 Å². The Bertz CT molecular complexity index is 331. The lowest BCUT2D eigenvalue weighted by atomic mass is 10.5. The van der Waals surface area contributed by atoms with E-state index in [1.165, 1.54) is 6.20 Å². The van der Waals surface area contributed by atoms with E-state index in [0.717, 1.165) is 11.8 Å². The van der Waals surface area contributed by atoms with Gasteiger partial charge in [-0.15, -0.1) is 0 Å². The molecule has 0 bridgehead atoms. The van der Waals surface area contributed by atoms with E-state index in [0.29, 0.717) is 10.7 Å². The van der Waals surface area contributed by atoms with Crippen molar-refractivity contribution in [1.82, 2.24) is 4.98 Å². The molecule has 0 radical (unpaired) electrons. The number of thioether (sulfide) groups is 1. The van der Waals surface area contributed by atoms with Crippen LogP contribution < -0.4 is 5.73 Å². The molecule has 1 atom stereocenters. The predicted molar refractivity (Wildman–Crippen MR) is 56.0 cm³/mol. The lowest BCUT2D eigenvalue weighted by Crippen LogP contribution is -2.15. The van der Waals surface area contributed by atoms with Crippen molar-refractivity contribution in [3.63, 3.8) is 0 Å². The summed E-state index contributed by atoms with van der Waals surface area (Å²) in [5, 5.41) is 0. The Balaban J connectivity index is 2.54. The maximum atomic E-state index is 13.2. The summed E-state index contributed by atoms with van der Waals surface area (Å²) >= 11 is 0.741. The van der Waals surface area contributed by atoms with Gasteiger partial charge in [-0.1, -0.05) is 11.8 Å². The number of esters is 1. The Morgan fingerprint density at radius 1 is 1.73 bits per heavy atom. The number of nitrogens with zero attached hydrogens (tertiary/aromatic N) is 1. The molecular formula is C9H11FN2O2S. The topological polar surface area (TPSA) is 65.2 Å². The van der Waals surface area contributed by atoms with Crippen molar-refractivity contribution in [3.05, 3.63) is 18.3 Å². The van der Waals surface area contributed by atoms with E-state index in [-0.39, 0.29) is 6.61 Å². The third kappa shape index (κ3) is 3.75. The van der Waals surface area contributed by atoms with Crippen molar-refractivity contribution in [1.29, 1.82) is 0 Å². The Hall–Kier alpha value is -1.30. The summed E-state index contributed by atoms with van der Waals surface area (Å²) in [5.74, 6) is -0.523. The van der Waals surface area contributed by atoms with Gasteiger partial charge in [0.25, 0.3) is 0 Å². The van der Waals surface area contributed by atoms with Crippen molar-refractivity contribution in [3.8, 4) is 0 Å². The van der Waals surface area contributed by atoms with Gasteiger partial charge in [0.1, 0.15) is 5.82 Å². The summed E-state index contributed by atoms with van der Waals surface area (Å²) in [5.41, 5.74) is 3.63. The SMILES string of the molecule is CCOC(=O)C(F)Sc1ccc(N)nc1. The van der Waals surface area contributed by atoms with Crippen LogP contribution in [0.3, 0.4) is 0 Å². The van der Waals surface area contributed by atoms with Crippen molar-refractivity contribution < 1.29 is 13.9 Å². The molecule has 1 aromatic rings. The van der Waals surface area contributed by atoms with Gasteiger partial charge in [0.15, 0.2) is 0 Å². The van der Waals surface area contributed by atoms with E-state index >= 15 is 0 Å². The van der Waals surface area contributed by atoms with Crippen LogP contribution >= 0.6 is 11.8 Å². The normalized spacial score (nSPS) is 12.1. The number of nitrogen functional groups attached to an aromatic ring is 1.